The number of hydrogen-bond donors (Lipinski definition) is 2. The number of carboxylic acids is 1. The molecule has 0 radical (unpaired) electrons. The molecule has 0 saturated carbocycles. The van der Waals surface area contributed by atoms with Gasteiger partial charge in [0, 0.05) is 18.8 Å². The lowest BCUT2D eigenvalue weighted by Gasteiger charge is -2.34. The molecule has 1 heterocycles. The molecule has 1 aliphatic rings. The Morgan fingerprint density at radius 1 is 1.09 bits per heavy atom. The van der Waals surface area contributed by atoms with Crippen LogP contribution in [0.25, 0.3) is 10.8 Å². The Morgan fingerprint density at radius 3 is 2.46 bits per heavy atom. The number of carboxylic acid groups (broad SMARTS) is 1. The Morgan fingerprint density at radius 2 is 1.80 bits per heavy atom. The normalized spacial score (nSPS) is 14.8. The van der Waals surface area contributed by atoms with Gasteiger partial charge in [-0.15, -0.1) is 0 Å². The summed E-state index contributed by atoms with van der Waals surface area (Å²) in [5.41, 5.74) is 1.57. The molecule has 0 aliphatic carbocycles. The minimum absolute atomic E-state index is 0.0225. The van der Waals surface area contributed by atoms with E-state index in [0.29, 0.717) is 31.5 Å². The molecule has 0 bridgehead atoms. The first-order valence-corrected chi connectivity index (χ1v) is 11.2. The van der Waals surface area contributed by atoms with Crippen molar-refractivity contribution in [2.24, 2.45) is 0 Å². The van der Waals surface area contributed by atoms with Crippen LogP contribution < -0.4 is 5.32 Å². The lowest BCUT2D eigenvalue weighted by molar-refractivity contribution is -0.138. The zero-order valence-electron chi connectivity index (χ0n) is 19.0. The number of carbonyl (C=O) groups excluding carboxylic acids is 1. The van der Waals surface area contributed by atoms with Crippen molar-refractivity contribution >= 4 is 28.5 Å². The number of amides is 2. The zero-order valence-corrected chi connectivity index (χ0v) is 19.0. The Bertz CT molecular complexity index is 1280. The summed E-state index contributed by atoms with van der Waals surface area (Å²) in [7, 11) is 0. The monoisotopic (exact) mass is 488 g/mol. The smallest absolute Gasteiger partial charge is 0.416 e. The number of aliphatic carboxylic acids is 1. The van der Waals surface area contributed by atoms with Crippen molar-refractivity contribution in [1.82, 2.24) is 4.90 Å². The van der Waals surface area contributed by atoms with Crippen LogP contribution in [-0.2, 0) is 17.4 Å². The third kappa shape index (κ3) is 5.39. The first-order chi connectivity index (χ1) is 16.5. The van der Waals surface area contributed by atoms with E-state index in [9.17, 15) is 32.3 Å². The van der Waals surface area contributed by atoms with Gasteiger partial charge in [-0.1, -0.05) is 18.2 Å². The highest BCUT2D eigenvalue weighted by molar-refractivity contribution is 5.91. The Balaban J connectivity index is 1.53. The number of halogens is 4. The number of fused-ring (bicyclic) bond motifs is 1. The van der Waals surface area contributed by atoms with Gasteiger partial charge in [-0.25, -0.2) is 9.18 Å². The second-order valence-electron chi connectivity index (χ2n) is 8.78. The standard InChI is InChI=1S/C26H24F4N2O3/c1-15-18(12-23(33)34)11-17-5-6-20(27)14-22(17)24(15)16-7-9-32(10-8-16)25(35)31-21-4-2-3-19(13-21)26(28,29)30/h2-6,11,13-14,16H,7-10,12H2,1H3,(H,31,35)(H,33,34). The van der Waals surface area contributed by atoms with Gasteiger partial charge in [0.1, 0.15) is 5.82 Å². The maximum atomic E-state index is 14.1. The summed E-state index contributed by atoms with van der Waals surface area (Å²) in [5.74, 6) is -1.37. The van der Waals surface area contributed by atoms with Gasteiger partial charge < -0.3 is 15.3 Å². The van der Waals surface area contributed by atoms with Crippen molar-refractivity contribution in [3.8, 4) is 0 Å². The number of urea groups is 1. The van der Waals surface area contributed by atoms with Gasteiger partial charge in [0.2, 0.25) is 0 Å². The number of nitrogens with one attached hydrogen (secondary N) is 1. The number of anilines is 1. The summed E-state index contributed by atoms with van der Waals surface area (Å²) in [6, 6.07) is 10.2. The molecular weight excluding hydrogens is 464 g/mol. The van der Waals surface area contributed by atoms with Crippen LogP contribution in [-0.4, -0.2) is 35.1 Å². The molecule has 1 aliphatic heterocycles. The largest absolute Gasteiger partial charge is 0.481 e. The van der Waals surface area contributed by atoms with E-state index in [1.54, 1.807) is 12.1 Å². The zero-order chi connectivity index (χ0) is 25.3. The molecule has 1 fully saturated rings. The molecule has 9 heteroatoms. The Kier molecular flexibility index (Phi) is 6.69. The summed E-state index contributed by atoms with van der Waals surface area (Å²) in [6.07, 6.45) is -3.54. The molecule has 0 spiro atoms. The maximum Gasteiger partial charge on any atom is 0.416 e. The molecule has 4 rings (SSSR count). The number of piperidine rings is 1. The predicted molar refractivity (Wildman–Crippen MR) is 124 cm³/mol. The lowest BCUT2D eigenvalue weighted by atomic mass is 9.81. The molecule has 35 heavy (non-hydrogen) atoms. The molecular formula is C26H24F4N2O3. The van der Waals surface area contributed by atoms with Crippen LogP contribution in [0.2, 0.25) is 0 Å². The molecule has 3 aromatic carbocycles. The van der Waals surface area contributed by atoms with Gasteiger partial charge in [-0.05, 0) is 83.5 Å². The summed E-state index contributed by atoms with van der Waals surface area (Å²) in [6.45, 7) is 2.55. The average molecular weight is 488 g/mol. The Labute approximate surface area is 199 Å². The molecule has 0 aromatic heterocycles. The highest BCUT2D eigenvalue weighted by Crippen LogP contribution is 2.38. The molecule has 1 saturated heterocycles. The van der Waals surface area contributed by atoms with Crippen LogP contribution in [0.5, 0.6) is 0 Å². The summed E-state index contributed by atoms with van der Waals surface area (Å²) < 4.78 is 52.9. The summed E-state index contributed by atoms with van der Waals surface area (Å²) >= 11 is 0. The quantitative estimate of drug-likeness (QED) is 0.421. The SMILES string of the molecule is Cc1c(CC(=O)O)cc2ccc(F)cc2c1C1CCN(C(=O)Nc2cccc(C(F)(F)F)c2)CC1. The average Bonchev–Trinajstić information content (AvgIpc) is 2.79. The van der Waals surface area contributed by atoms with Crippen LogP contribution in [0.1, 0.15) is 41.0 Å². The van der Waals surface area contributed by atoms with Crippen molar-refractivity contribution in [2.45, 2.75) is 38.3 Å². The molecule has 2 N–H and O–H groups in total. The van der Waals surface area contributed by atoms with E-state index in [2.05, 4.69) is 5.32 Å². The molecule has 5 nitrogen and oxygen atoms in total. The molecule has 3 aromatic rings. The number of likely N-dealkylation sites (tertiary alicyclic amines) is 1. The lowest BCUT2D eigenvalue weighted by Crippen LogP contribution is -2.40. The van der Waals surface area contributed by atoms with E-state index < -0.39 is 23.7 Å². The topological polar surface area (TPSA) is 69.6 Å². The van der Waals surface area contributed by atoms with Crippen molar-refractivity contribution < 1.29 is 32.3 Å². The highest BCUT2D eigenvalue weighted by atomic mass is 19.4. The minimum Gasteiger partial charge on any atom is -0.481 e. The van der Waals surface area contributed by atoms with E-state index in [-0.39, 0.29) is 23.8 Å². The van der Waals surface area contributed by atoms with Crippen LogP contribution in [0.3, 0.4) is 0 Å². The van der Waals surface area contributed by atoms with E-state index >= 15 is 0 Å². The van der Waals surface area contributed by atoms with Crippen LogP contribution in [0.4, 0.5) is 28.0 Å². The van der Waals surface area contributed by atoms with Gasteiger partial charge in [0.05, 0.1) is 12.0 Å². The number of carbonyl (C=O) groups is 2. The van der Waals surface area contributed by atoms with E-state index in [1.165, 1.54) is 29.2 Å². The van der Waals surface area contributed by atoms with E-state index in [1.807, 2.05) is 6.92 Å². The number of rotatable bonds is 4. The first kappa shape index (κ1) is 24.5. The summed E-state index contributed by atoms with van der Waals surface area (Å²) in [4.78, 5) is 25.6. The van der Waals surface area contributed by atoms with Crippen LogP contribution >= 0.6 is 0 Å². The molecule has 0 atom stereocenters. The van der Waals surface area contributed by atoms with Gasteiger partial charge in [0.15, 0.2) is 0 Å². The number of hydrogen-bond acceptors (Lipinski definition) is 2. The number of alkyl halides is 3. The highest BCUT2D eigenvalue weighted by Gasteiger charge is 2.31. The van der Waals surface area contributed by atoms with Crippen LogP contribution in [0, 0.1) is 12.7 Å². The van der Waals surface area contributed by atoms with Gasteiger partial charge in [-0.2, -0.15) is 13.2 Å². The van der Waals surface area contributed by atoms with Gasteiger partial charge in [-0.3, -0.25) is 4.79 Å². The third-order valence-corrected chi connectivity index (χ3v) is 6.49. The molecule has 2 amide bonds. The van der Waals surface area contributed by atoms with E-state index in [4.69, 9.17) is 0 Å². The Hall–Kier alpha value is -3.62. The predicted octanol–water partition coefficient (Wildman–Crippen LogP) is 6.34. The molecule has 184 valence electrons. The number of nitrogens with zero attached hydrogens (tertiary/aromatic N) is 1. The third-order valence-electron chi connectivity index (χ3n) is 6.49. The minimum atomic E-state index is -4.51. The van der Waals surface area contributed by atoms with Gasteiger partial charge in [0.25, 0.3) is 0 Å². The van der Waals surface area contributed by atoms with Crippen molar-refractivity contribution in [3.63, 3.8) is 0 Å². The van der Waals surface area contributed by atoms with E-state index in [0.717, 1.165) is 34.0 Å². The summed E-state index contributed by atoms with van der Waals surface area (Å²) in [5, 5.41) is 13.3. The fraction of sp³-hybridized carbons (Fsp3) is 0.308. The van der Waals surface area contributed by atoms with Crippen molar-refractivity contribution in [2.75, 3.05) is 18.4 Å². The fourth-order valence-corrected chi connectivity index (χ4v) is 4.78. The second kappa shape index (κ2) is 9.56. The molecule has 0 unspecified atom stereocenters. The fourth-order valence-electron chi connectivity index (χ4n) is 4.78. The first-order valence-electron chi connectivity index (χ1n) is 11.2. The van der Waals surface area contributed by atoms with Gasteiger partial charge >= 0.3 is 18.2 Å². The maximum absolute atomic E-state index is 14.1. The second-order valence-corrected chi connectivity index (χ2v) is 8.78. The van der Waals surface area contributed by atoms with Crippen molar-refractivity contribution in [1.29, 1.82) is 0 Å². The number of benzene rings is 3. The van der Waals surface area contributed by atoms with Crippen LogP contribution in [0.15, 0.2) is 48.5 Å². The van der Waals surface area contributed by atoms with Crippen molar-refractivity contribution in [3.05, 3.63) is 76.6 Å².